The first-order valence-corrected chi connectivity index (χ1v) is 22.0. The van der Waals surface area contributed by atoms with E-state index in [0.717, 1.165) is 46.0 Å². The Morgan fingerprint density at radius 1 is 0.355 bits per heavy atom. The van der Waals surface area contributed by atoms with Crippen LogP contribution in [0, 0.1) is 0 Å². The molecule has 4 nitrogen and oxygen atoms in total. The maximum Gasteiger partial charge on any atom is 0.160 e. The van der Waals surface area contributed by atoms with Crippen molar-refractivity contribution in [3.8, 4) is 56.4 Å². The van der Waals surface area contributed by atoms with Gasteiger partial charge in [-0.3, -0.25) is 0 Å². The molecule has 0 fully saturated rings. The minimum absolute atomic E-state index is 0.727. The fourth-order valence-corrected chi connectivity index (χ4v) is 9.28. The molecule has 0 atom stereocenters. The van der Waals surface area contributed by atoms with Crippen LogP contribution in [0.25, 0.3) is 100 Å². The number of aryl methyl sites for hydroxylation is 1. The van der Waals surface area contributed by atoms with Crippen molar-refractivity contribution < 1.29 is 0 Å². The number of unbranched alkanes of at least 4 members (excludes halogenated alkanes) is 3. The molecule has 0 N–H and O–H groups in total. The van der Waals surface area contributed by atoms with E-state index in [0.29, 0.717) is 0 Å². The molecule has 4 heteroatoms. The van der Waals surface area contributed by atoms with Crippen molar-refractivity contribution in [2.75, 3.05) is 0 Å². The van der Waals surface area contributed by atoms with E-state index in [9.17, 15) is 0 Å². The quantitative estimate of drug-likeness (QED) is 0.122. The molecule has 3 aromatic heterocycles. The summed E-state index contributed by atoms with van der Waals surface area (Å²) in [6.45, 7) is 2.26. The smallest absolute Gasteiger partial charge is 0.160 e. The Labute approximate surface area is 362 Å². The van der Waals surface area contributed by atoms with E-state index in [-0.39, 0.29) is 0 Å². The van der Waals surface area contributed by atoms with Gasteiger partial charge in [0, 0.05) is 49.6 Å². The lowest BCUT2D eigenvalue weighted by molar-refractivity contribution is 0.667. The van der Waals surface area contributed by atoms with Gasteiger partial charge in [-0.2, -0.15) is 0 Å². The van der Waals surface area contributed by atoms with Crippen molar-refractivity contribution in [2.45, 2.75) is 39.0 Å². The molecule has 298 valence electrons. The van der Waals surface area contributed by atoms with Crippen molar-refractivity contribution in [2.24, 2.45) is 0 Å². The minimum atomic E-state index is 0.727. The van der Waals surface area contributed by atoms with Crippen LogP contribution in [0.2, 0.25) is 0 Å². The van der Waals surface area contributed by atoms with Crippen LogP contribution in [0.5, 0.6) is 0 Å². The first-order chi connectivity index (χ1) is 30.7. The Morgan fingerprint density at radius 2 is 0.823 bits per heavy atom. The Kier molecular flexibility index (Phi) is 9.74. The van der Waals surface area contributed by atoms with E-state index in [1.807, 2.05) is 18.2 Å². The third-order valence-corrected chi connectivity index (χ3v) is 12.4. The second kappa shape index (κ2) is 16.1. The Hall–Kier alpha value is -7.56. The first kappa shape index (κ1) is 37.4. The van der Waals surface area contributed by atoms with Crippen LogP contribution >= 0.6 is 0 Å². The van der Waals surface area contributed by atoms with E-state index in [2.05, 4.69) is 198 Å². The normalized spacial score (nSPS) is 11.6. The van der Waals surface area contributed by atoms with Gasteiger partial charge in [-0.15, -0.1) is 0 Å². The number of aromatic nitrogens is 4. The molecular formula is C58H46N4. The van der Waals surface area contributed by atoms with Gasteiger partial charge in [0.1, 0.15) is 0 Å². The van der Waals surface area contributed by atoms with Crippen LogP contribution in [0.4, 0.5) is 0 Å². The highest BCUT2D eigenvalue weighted by Crippen LogP contribution is 2.39. The predicted molar refractivity (Wildman–Crippen MR) is 260 cm³/mol. The Bertz CT molecular complexity index is 3360. The molecule has 62 heavy (non-hydrogen) atoms. The molecule has 0 aliphatic carbocycles. The van der Waals surface area contributed by atoms with Gasteiger partial charge in [-0.25, -0.2) is 9.97 Å². The maximum atomic E-state index is 5.14. The molecule has 0 amide bonds. The lowest BCUT2D eigenvalue weighted by atomic mass is 10.0. The number of nitrogens with zero attached hydrogens (tertiary/aromatic N) is 4. The van der Waals surface area contributed by atoms with Crippen LogP contribution in [-0.2, 0) is 6.42 Å². The molecule has 0 bridgehead atoms. The summed E-state index contributed by atoms with van der Waals surface area (Å²) >= 11 is 0. The highest BCUT2D eigenvalue weighted by molar-refractivity contribution is 6.12. The highest BCUT2D eigenvalue weighted by atomic mass is 15.0. The van der Waals surface area contributed by atoms with Crippen LogP contribution in [0.1, 0.15) is 38.2 Å². The summed E-state index contributed by atoms with van der Waals surface area (Å²) in [7, 11) is 0. The first-order valence-electron chi connectivity index (χ1n) is 22.0. The fourth-order valence-electron chi connectivity index (χ4n) is 9.28. The molecule has 8 aromatic carbocycles. The van der Waals surface area contributed by atoms with Gasteiger partial charge in [-0.05, 0) is 96.3 Å². The summed E-state index contributed by atoms with van der Waals surface area (Å²) in [5, 5.41) is 4.97. The average Bonchev–Trinajstić information content (AvgIpc) is 3.86. The van der Waals surface area contributed by atoms with Gasteiger partial charge in [0.15, 0.2) is 5.82 Å². The summed E-state index contributed by atoms with van der Waals surface area (Å²) in [6, 6.07) is 72.2. The molecular weight excluding hydrogens is 753 g/mol. The number of para-hydroxylation sites is 3. The van der Waals surface area contributed by atoms with Crippen molar-refractivity contribution in [3.05, 3.63) is 206 Å². The Morgan fingerprint density at radius 3 is 1.39 bits per heavy atom. The highest BCUT2D eigenvalue weighted by Gasteiger charge is 2.17. The van der Waals surface area contributed by atoms with E-state index < -0.39 is 0 Å². The van der Waals surface area contributed by atoms with Gasteiger partial charge >= 0.3 is 0 Å². The van der Waals surface area contributed by atoms with Crippen molar-refractivity contribution in [3.63, 3.8) is 0 Å². The SMILES string of the molecule is CCCCCCc1ccc(-c2cc(-c3ccc(-n4c5ccccc5c5cc(-c6ccc7c(c6)c6ccccc6n7-c6ccccc6)ccc54)cc3)nc(-c3ccccc3)n2)cc1. The molecule has 0 saturated heterocycles. The zero-order chi connectivity index (χ0) is 41.4. The lowest BCUT2D eigenvalue weighted by Gasteiger charge is -2.12. The largest absolute Gasteiger partial charge is 0.309 e. The van der Waals surface area contributed by atoms with Gasteiger partial charge in [0.25, 0.3) is 0 Å². The van der Waals surface area contributed by atoms with Crippen molar-refractivity contribution in [1.29, 1.82) is 0 Å². The second-order valence-electron chi connectivity index (χ2n) is 16.4. The molecule has 11 aromatic rings. The number of hydrogen-bond acceptors (Lipinski definition) is 2. The molecule has 0 saturated carbocycles. The molecule has 11 rings (SSSR count). The summed E-state index contributed by atoms with van der Waals surface area (Å²) in [5.74, 6) is 0.727. The number of benzene rings is 8. The van der Waals surface area contributed by atoms with Crippen LogP contribution in [0.3, 0.4) is 0 Å². The molecule has 0 aliphatic rings. The van der Waals surface area contributed by atoms with Gasteiger partial charge in [-0.1, -0.05) is 160 Å². The standard InChI is InChI=1S/C58H46N4/c1-2-3-4-7-16-40-25-27-41(28-26-40)52-39-53(60-58(59-52)43-17-8-5-9-18-43)42-29-33-47(34-30-42)62-55-24-15-13-22-49(55)51-38-45(32-36-57(51)62)44-31-35-56-50(37-44)48-21-12-14-23-54(48)61(56)46-19-10-6-11-20-46/h5-6,8-15,17-39H,2-4,7,16H2,1H3. The lowest BCUT2D eigenvalue weighted by Crippen LogP contribution is -1.97. The molecule has 0 unspecified atom stereocenters. The fraction of sp³-hybridized carbons (Fsp3) is 0.103. The molecule has 0 spiro atoms. The van der Waals surface area contributed by atoms with Crippen molar-refractivity contribution >= 4 is 43.6 Å². The van der Waals surface area contributed by atoms with E-state index in [1.165, 1.54) is 91.7 Å². The number of hydrogen-bond donors (Lipinski definition) is 0. The van der Waals surface area contributed by atoms with E-state index in [1.54, 1.807) is 0 Å². The van der Waals surface area contributed by atoms with Crippen LogP contribution in [-0.4, -0.2) is 19.1 Å². The monoisotopic (exact) mass is 798 g/mol. The minimum Gasteiger partial charge on any atom is -0.309 e. The average molecular weight is 799 g/mol. The van der Waals surface area contributed by atoms with Gasteiger partial charge < -0.3 is 9.13 Å². The van der Waals surface area contributed by atoms with E-state index in [4.69, 9.17) is 9.97 Å². The zero-order valence-corrected chi connectivity index (χ0v) is 34.9. The maximum absolute atomic E-state index is 5.14. The second-order valence-corrected chi connectivity index (χ2v) is 16.4. The van der Waals surface area contributed by atoms with Gasteiger partial charge in [0.05, 0.1) is 33.5 Å². The van der Waals surface area contributed by atoms with Crippen molar-refractivity contribution in [1.82, 2.24) is 19.1 Å². The molecule has 0 aliphatic heterocycles. The summed E-state index contributed by atoms with van der Waals surface area (Å²) in [4.78, 5) is 10.2. The molecule has 0 radical (unpaired) electrons. The third kappa shape index (κ3) is 6.84. The topological polar surface area (TPSA) is 35.6 Å². The number of rotatable bonds is 11. The summed E-state index contributed by atoms with van der Waals surface area (Å²) in [6.07, 6.45) is 6.18. The van der Waals surface area contributed by atoms with Gasteiger partial charge in [0.2, 0.25) is 0 Å². The summed E-state index contributed by atoms with van der Waals surface area (Å²) in [5.41, 5.74) is 15.8. The van der Waals surface area contributed by atoms with E-state index >= 15 is 0 Å². The van der Waals surface area contributed by atoms with Crippen LogP contribution in [0.15, 0.2) is 200 Å². The predicted octanol–water partition coefficient (Wildman–Crippen LogP) is 15.5. The molecule has 3 heterocycles. The van der Waals surface area contributed by atoms with Crippen LogP contribution < -0.4 is 0 Å². The number of fused-ring (bicyclic) bond motifs is 6. The summed E-state index contributed by atoms with van der Waals surface area (Å²) < 4.78 is 4.76. The zero-order valence-electron chi connectivity index (χ0n) is 34.9. The third-order valence-electron chi connectivity index (χ3n) is 12.4. The Balaban J connectivity index is 0.959.